The molecule has 5 heteroatoms. The van der Waals surface area contributed by atoms with Gasteiger partial charge in [-0.15, -0.1) is 0 Å². The van der Waals surface area contributed by atoms with Gasteiger partial charge in [0.25, 0.3) is 0 Å². The summed E-state index contributed by atoms with van der Waals surface area (Å²) in [6.07, 6.45) is 4.36. The number of hydrogen-bond acceptors (Lipinski definition) is 5. The van der Waals surface area contributed by atoms with Crippen LogP contribution < -0.4 is 5.32 Å². The van der Waals surface area contributed by atoms with Gasteiger partial charge in [0, 0.05) is 11.9 Å². The molecule has 1 fully saturated rings. The fourth-order valence-corrected chi connectivity index (χ4v) is 3.77. The van der Waals surface area contributed by atoms with E-state index in [2.05, 4.69) is 19.2 Å². The zero-order valence-corrected chi connectivity index (χ0v) is 14.8. The number of carbonyl (C=O) groups excluding carboxylic acids is 1. The molecule has 4 nitrogen and oxygen atoms in total. The van der Waals surface area contributed by atoms with Gasteiger partial charge >= 0.3 is 5.97 Å². The van der Waals surface area contributed by atoms with Crippen molar-refractivity contribution in [3.05, 3.63) is 0 Å². The third-order valence-electron chi connectivity index (χ3n) is 3.95. The van der Waals surface area contributed by atoms with E-state index >= 15 is 0 Å². The van der Waals surface area contributed by atoms with Crippen molar-refractivity contribution in [2.75, 3.05) is 25.5 Å². The van der Waals surface area contributed by atoms with Crippen LogP contribution >= 0.6 is 11.8 Å². The molecule has 0 aromatic carbocycles. The van der Waals surface area contributed by atoms with Crippen LogP contribution in [0.3, 0.4) is 0 Å². The van der Waals surface area contributed by atoms with E-state index in [1.807, 2.05) is 25.6 Å². The number of thioether (sulfide) groups is 1. The topological polar surface area (TPSA) is 47.6 Å². The smallest absolute Gasteiger partial charge is 0.326 e. The fourth-order valence-electron chi connectivity index (χ4n) is 2.55. The second kappa shape index (κ2) is 9.70. The Bertz CT molecular complexity index is 314. The Morgan fingerprint density at radius 2 is 2.24 bits per heavy atom. The molecule has 3 unspecified atom stereocenters. The molecule has 0 spiro atoms. The monoisotopic (exact) mass is 317 g/mol. The Hall–Kier alpha value is -0.260. The van der Waals surface area contributed by atoms with Crippen LogP contribution in [0.25, 0.3) is 0 Å². The highest BCUT2D eigenvalue weighted by molar-refractivity contribution is 7.99. The van der Waals surface area contributed by atoms with Gasteiger partial charge in [0.2, 0.25) is 0 Å². The van der Waals surface area contributed by atoms with E-state index in [4.69, 9.17) is 9.47 Å². The molecule has 21 heavy (non-hydrogen) atoms. The molecule has 0 aromatic heterocycles. The lowest BCUT2D eigenvalue weighted by Gasteiger charge is -2.28. The number of hydrogen-bond donors (Lipinski definition) is 1. The molecule has 1 N–H and O–H groups in total. The number of ether oxygens (including phenoxy) is 2. The molecule has 1 heterocycles. The number of carbonyl (C=O) groups is 1. The van der Waals surface area contributed by atoms with Crippen molar-refractivity contribution in [3.63, 3.8) is 0 Å². The fraction of sp³-hybridized carbons (Fsp3) is 0.938. The van der Waals surface area contributed by atoms with E-state index in [0.717, 1.165) is 44.6 Å². The molecule has 3 atom stereocenters. The molecular formula is C16H31NO3S. The number of esters is 1. The van der Waals surface area contributed by atoms with E-state index < -0.39 is 5.54 Å². The van der Waals surface area contributed by atoms with Crippen molar-refractivity contribution in [1.82, 2.24) is 5.32 Å². The molecular weight excluding hydrogens is 286 g/mol. The standard InChI is InChI=1S/C16H31NO3S/c1-5-10-17-16(4,15(18)19-6-2)9-7-12-21-14-8-11-20-13(14)3/h13-14,17H,5-12H2,1-4H3. The molecule has 0 saturated carbocycles. The lowest BCUT2D eigenvalue weighted by atomic mass is 9.96. The van der Waals surface area contributed by atoms with Gasteiger partial charge in [-0.25, -0.2) is 0 Å². The lowest BCUT2D eigenvalue weighted by molar-refractivity contribution is -0.150. The molecule has 0 radical (unpaired) electrons. The summed E-state index contributed by atoms with van der Waals surface area (Å²) in [5.41, 5.74) is -0.551. The minimum Gasteiger partial charge on any atom is -0.465 e. The van der Waals surface area contributed by atoms with Crippen molar-refractivity contribution in [3.8, 4) is 0 Å². The van der Waals surface area contributed by atoms with Crippen LogP contribution in [0.15, 0.2) is 0 Å². The predicted octanol–water partition coefficient (Wildman–Crippen LogP) is 3.00. The summed E-state index contributed by atoms with van der Waals surface area (Å²) in [6.45, 7) is 10.2. The molecule has 1 aliphatic heterocycles. The normalized spacial score (nSPS) is 24.8. The van der Waals surface area contributed by atoms with Crippen LogP contribution in [-0.2, 0) is 14.3 Å². The van der Waals surface area contributed by atoms with Crippen LogP contribution in [0.5, 0.6) is 0 Å². The Morgan fingerprint density at radius 3 is 2.81 bits per heavy atom. The molecule has 0 aliphatic carbocycles. The molecule has 1 saturated heterocycles. The first kappa shape index (κ1) is 18.8. The first-order chi connectivity index (χ1) is 10.0. The summed E-state index contributed by atoms with van der Waals surface area (Å²) >= 11 is 1.98. The summed E-state index contributed by atoms with van der Waals surface area (Å²) in [5, 5.41) is 3.97. The number of rotatable bonds is 10. The van der Waals surface area contributed by atoms with Gasteiger partial charge in [-0.2, -0.15) is 11.8 Å². The summed E-state index contributed by atoms with van der Waals surface area (Å²) in [4.78, 5) is 12.2. The van der Waals surface area contributed by atoms with Gasteiger partial charge in [-0.1, -0.05) is 6.92 Å². The molecule has 1 aliphatic rings. The predicted molar refractivity (Wildman–Crippen MR) is 88.8 cm³/mol. The van der Waals surface area contributed by atoms with Crippen molar-refractivity contribution >= 4 is 17.7 Å². The Kier molecular flexibility index (Phi) is 8.67. The largest absolute Gasteiger partial charge is 0.465 e. The summed E-state index contributed by atoms with van der Waals surface area (Å²) < 4.78 is 10.8. The van der Waals surface area contributed by atoms with Crippen LogP contribution in [0, 0.1) is 0 Å². The van der Waals surface area contributed by atoms with Gasteiger partial charge in [-0.3, -0.25) is 4.79 Å². The first-order valence-corrected chi connectivity index (χ1v) is 9.23. The zero-order valence-electron chi connectivity index (χ0n) is 13.9. The minimum absolute atomic E-state index is 0.124. The van der Waals surface area contributed by atoms with Crippen LogP contribution in [0.2, 0.25) is 0 Å². The maximum Gasteiger partial charge on any atom is 0.326 e. The zero-order chi connectivity index (χ0) is 15.7. The highest BCUT2D eigenvalue weighted by atomic mass is 32.2. The van der Waals surface area contributed by atoms with E-state index in [1.165, 1.54) is 0 Å². The van der Waals surface area contributed by atoms with E-state index in [9.17, 15) is 4.79 Å². The quantitative estimate of drug-likeness (QED) is 0.496. The highest BCUT2D eigenvalue weighted by Gasteiger charge is 2.33. The van der Waals surface area contributed by atoms with Crippen LogP contribution in [0.1, 0.15) is 53.4 Å². The number of nitrogens with one attached hydrogen (secondary N) is 1. The first-order valence-electron chi connectivity index (χ1n) is 8.19. The third kappa shape index (κ3) is 6.17. The van der Waals surface area contributed by atoms with Crippen LogP contribution in [0.4, 0.5) is 0 Å². The second-order valence-corrected chi connectivity index (χ2v) is 7.20. The van der Waals surface area contributed by atoms with Crippen molar-refractivity contribution in [2.24, 2.45) is 0 Å². The van der Waals surface area contributed by atoms with E-state index in [0.29, 0.717) is 18.0 Å². The lowest BCUT2D eigenvalue weighted by Crippen LogP contribution is -2.50. The summed E-state index contributed by atoms with van der Waals surface area (Å²) in [7, 11) is 0. The summed E-state index contributed by atoms with van der Waals surface area (Å²) in [5.74, 6) is 0.947. The minimum atomic E-state index is -0.551. The maximum atomic E-state index is 12.2. The molecule has 124 valence electrons. The maximum absolute atomic E-state index is 12.2. The van der Waals surface area contributed by atoms with Gasteiger partial charge < -0.3 is 14.8 Å². The molecule has 1 rings (SSSR count). The Morgan fingerprint density at radius 1 is 1.48 bits per heavy atom. The molecule has 0 bridgehead atoms. The van der Waals surface area contributed by atoms with E-state index in [1.54, 1.807) is 0 Å². The Balaban J connectivity index is 2.36. The third-order valence-corrected chi connectivity index (χ3v) is 5.52. The molecule has 0 aromatic rings. The van der Waals surface area contributed by atoms with Gasteiger partial charge in [0.05, 0.1) is 12.7 Å². The SMILES string of the molecule is CCCNC(C)(CCCSC1CCOC1C)C(=O)OCC. The van der Waals surface area contributed by atoms with Crippen molar-refractivity contribution < 1.29 is 14.3 Å². The van der Waals surface area contributed by atoms with Crippen molar-refractivity contribution in [1.29, 1.82) is 0 Å². The molecule has 0 amide bonds. The van der Waals surface area contributed by atoms with Gasteiger partial charge in [0.1, 0.15) is 5.54 Å². The van der Waals surface area contributed by atoms with Gasteiger partial charge in [0.15, 0.2) is 0 Å². The average Bonchev–Trinajstić information content (AvgIpc) is 2.87. The van der Waals surface area contributed by atoms with Crippen LogP contribution in [-0.4, -0.2) is 48.4 Å². The van der Waals surface area contributed by atoms with E-state index in [-0.39, 0.29) is 5.97 Å². The second-order valence-electron chi connectivity index (χ2n) is 5.86. The Labute approximate surface area is 133 Å². The highest BCUT2D eigenvalue weighted by Crippen LogP contribution is 2.28. The summed E-state index contributed by atoms with van der Waals surface area (Å²) in [6, 6.07) is 0. The van der Waals surface area contributed by atoms with Gasteiger partial charge in [-0.05, 0) is 58.8 Å². The average molecular weight is 317 g/mol. The van der Waals surface area contributed by atoms with Crippen molar-refractivity contribution in [2.45, 2.75) is 70.3 Å².